The van der Waals surface area contributed by atoms with Gasteiger partial charge in [0, 0.05) is 34.5 Å². The Balaban J connectivity index is 2.17. The lowest BCUT2D eigenvalue weighted by Gasteiger charge is -2.28. The van der Waals surface area contributed by atoms with Crippen LogP contribution in [0.15, 0.2) is 60.7 Å². The Bertz CT molecular complexity index is 1340. The Kier molecular flexibility index (Phi) is 5.91. The largest absolute Gasteiger partial charge is 0.507 e. The number of rotatable bonds is 6. The van der Waals surface area contributed by atoms with E-state index in [0.29, 0.717) is 28.2 Å². The van der Waals surface area contributed by atoms with E-state index in [1.54, 1.807) is 37.4 Å². The molecule has 0 saturated carbocycles. The van der Waals surface area contributed by atoms with Gasteiger partial charge in [0.25, 0.3) is 0 Å². The Hall–Kier alpha value is -3.35. The fraction of sp³-hybridized carbons (Fsp3) is 0.192. The number of phenolic OH excluding ortho intramolecular Hbond substituents is 1. The van der Waals surface area contributed by atoms with Crippen molar-refractivity contribution in [3.63, 3.8) is 0 Å². The van der Waals surface area contributed by atoms with Crippen molar-refractivity contribution in [1.29, 1.82) is 0 Å². The molecule has 33 heavy (non-hydrogen) atoms. The van der Waals surface area contributed by atoms with Gasteiger partial charge in [-0.3, -0.25) is 0 Å². The maximum Gasteiger partial charge on any atom is 0.335 e. The lowest BCUT2D eigenvalue weighted by atomic mass is 9.84. The van der Waals surface area contributed by atoms with Gasteiger partial charge in [0.15, 0.2) is 0 Å². The monoisotopic (exact) mass is 467 g/mol. The van der Waals surface area contributed by atoms with Gasteiger partial charge in [0.1, 0.15) is 11.6 Å². The van der Waals surface area contributed by atoms with Crippen LogP contribution in [0, 0.1) is 5.82 Å². The Morgan fingerprint density at radius 2 is 1.73 bits per heavy atom. The first kappa shape index (κ1) is 22.8. The minimum Gasteiger partial charge on any atom is -0.507 e. The van der Waals surface area contributed by atoms with Gasteiger partial charge in [0.2, 0.25) is 0 Å². The third kappa shape index (κ3) is 4.08. The van der Waals surface area contributed by atoms with Gasteiger partial charge in [-0.25, -0.2) is 9.18 Å². The molecule has 0 aliphatic heterocycles. The number of carboxylic acid groups (broad SMARTS) is 1. The number of benzene rings is 3. The van der Waals surface area contributed by atoms with Crippen LogP contribution in [0.1, 0.15) is 29.9 Å². The van der Waals surface area contributed by atoms with Gasteiger partial charge in [0.05, 0.1) is 23.1 Å². The van der Waals surface area contributed by atoms with Crippen molar-refractivity contribution in [1.82, 2.24) is 4.57 Å². The molecule has 0 fully saturated rings. The van der Waals surface area contributed by atoms with Crippen LogP contribution in [0.2, 0.25) is 5.02 Å². The van der Waals surface area contributed by atoms with E-state index in [9.17, 15) is 19.4 Å². The quantitative estimate of drug-likeness (QED) is 0.343. The predicted octanol–water partition coefficient (Wildman–Crippen LogP) is 6.42. The molecule has 3 aromatic carbocycles. The molecule has 7 heteroatoms. The normalized spacial score (nSPS) is 11.8. The van der Waals surface area contributed by atoms with E-state index in [2.05, 4.69) is 0 Å². The fourth-order valence-corrected chi connectivity index (χ4v) is 4.56. The molecule has 0 unspecified atom stereocenters. The number of carbonyl (C=O) groups is 1. The Morgan fingerprint density at radius 1 is 1.09 bits per heavy atom. The summed E-state index contributed by atoms with van der Waals surface area (Å²) in [5, 5.41) is 21.2. The molecule has 0 aliphatic rings. The average molecular weight is 468 g/mol. The van der Waals surface area contributed by atoms with E-state index < -0.39 is 11.4 Å². The summed E-state index contributed by atoms with van der Waals surface area (Å²) in [6, 6.07) is 15.8. The van der Waals surface area contributed by atoms with Gasteiger partial charge >= 0.3 is 5.97 Å². The fourth-order valence-electron chi connectivity index (χ4n) is 4.35. The first-order chi connectivity index (χ1) is 15.6. The number of hydrogen-bond donors (Lipinski definition) is 2. The average Bonchev–Trinajstić information content (AvgIpc) is 3.10. The number of hydrogen-bond acceptors (Lipinski definition) is 3. The zero-order valence-corrected chi connectivity index (χ0v) is 19.2. The van der Waals surface area contributed by atoms with Crippen molar-refractivity contribution >= 4 is 28.5 Å². The summed E-state index contributed by atoms with van der Waals surface area (Å²) in [7, 11) is 1.61. The lowest BCUT2D eigenvalue weighted by Crippen LogP contribution is -2.27. The van der Waals surface area contributed by atoms with Crippen molar-refractivity contribution in [3.8, 4) is 22.6 Å². The van der Waals surface area contributed by atoms with Crippen molar-refractivity contribution in [2.75, 3.05) is 13.7 Å². The first-order valence-corrected chi connectivity index (χ1v) is 10.7. The van der Waals surface area contributed by atoms with Crippen LogP contribution in [0.5, 0.6) is 5.75 Å². The molecule has 4 rings (SSSR count). The Morgan fingerprint density at radius 3 is 2.30 bits per heavy atom. The van der Waals surface area contributed by atoms with E-state index in [1.165, 1.54) is 30.3 Å². The van der Waals surface area contributed by atoms with Gasteiger partial charge < -0.3 is 19.5 Å². The zero-order chi connectivity index (χ0) is 23.9. The van der Waals surface area contributed by atoms with Crippen LogP contribution in [-0.2, 0) is 10.2 Å². The van der Waals surface area contributed by atoms with Crippen LogP contribution in [0.4, 0.5) is 4.39 Å². The van der Waals surface area contributed by atoms with Gasteiger partial charge in [-0.2, -0.15) is 0 Å². The second-order valence-electron chi connectivity index (χ2n) is 8.55. The molecular weight excluding hydrogens is 445 g/mol. The number of phenols is 1. The summed E-state index contributed by atoms with van der Waals surface area (Å²) in [5.41, 5.74) is 3.20. The summed E-state index contributed by atoms with van der Waals surface area (Å²) in [6.45, 7) is 4.39. The van der Waals surface area contributed by atoms with Crippen molar-refractivity contribution < 1.29 is 24.1 Å². The SMILES string of the molecule is COCC(C)(C)c1c(-c2ccc(C(=O)O)cc2)c2c(O)cc(Cl)cc2n1-c1ccc(F)cc1. The second kappa shape index (κ2) is 8.54. The smallest absolute Gasteiger partial charge is 0.335 e. The van der Waals surface area contributed by atoms with Gasteiger partial charge in [-0.05, 0) is 54.1 Å². The molecule has 0 aliphatic carbocycles. The number of aromatic nitrogens is 1. The molecule has 2 N–H and O–H groups in total. The van der Waals surface area contributed by atoms with Crippen molar-refractivity contribution in [3.05, 3.63) is 82.8 Å². The highest BCUT2D eigenvalue weighted by atomic mass is 35.5. The number of aromatic carboxylic acids is 1. The third-order valence-electron chi connectivity index (χ3n) is 5.66. The minimum atomic E-state index is -1.02. The molecule has 1 heterocycles. The topological polar surface area (TPSA) is 71.7 Å². The molecular formula is C26H23ClFNO4. The highest BCUT2D eigenvalue weighted by Crippen LogP contribution is 2.47. The highest BCUT2D eigenvalue weighted by molar-refractivity contribution is 6.31. The van der Waals surface area contributed by atoms with E-state index >= 15 is 0 Å². The predicted molar refractivity (Wildman–Crippen MR) is 127 cm³/mol. The van der Waals surface area contributed by atoms with Crippen LogP contribution >= 0.6 is 11.6 Å². The number of carboxylic acids is 1. The summed E-state index contributed by atoms with van der Waals surface area (Å²) in [5.74, 6) is -1.40. The molecule has 5 nitrogen and oxygen atoms in total. The molecule has 1 aromatic heterocycles. The number of aromatic hydroxyl groups is 1. The molecule has 0 saturated heterocycles. The summed E-state index contributed by atoms with van der Waals surface area (Å²) < 4.78 is 21.2. The van der Waals surface area contributed by atoms with E-state index in [0.717, 1.165) is 16.8 Å². The van der Waals surface area contributed by atoms with Crippen LogP contribution in [0.25, 0.3) is 27.7 Å². The first-order valence-electron chi connectivity index (χ1n) is 10.3. The minimum absolute atomic E-state index is 0.00913. The highest BCUT2D eigenvalue weighted by Gasteiger charge is 2.33. The number of nitrogens with zero attached hydrogens (tertiary/aromatic N) is 1. The molecule has 4 aromatic rings. The number of ether oxygens (including phenoxy) is 1. The van der Waals surface area contributed by atoms with Gasteiger partial charge in [-0.1, -0.05) is 37.6 Å². The molecule has 170 valence electrons. The van der Waals surface area contributed by atoms with E-state index in [-0.39, 0.29) is 17.1 Å². The Labute approximate surface area is 195 Å². The summed E-state index contributed by atoms with van der Waals surface area (Å²) in [4.78, 5) is 11.4. The summed E-state index contributed by atoms with van der Waals surface area (Å²) >= 11 is 6.32. The van der Waals surface area contributed by atoms with Crippen LogP contribution in [0.3, 0.4) is 0 Å². The number of methoxy groups -OCH3 is 1. The zero-order valence-electron chi connectivity index (χ0n) is 18.4. The van der Waals surface area contributed by atoms with Crippen LogP contribution in [-0.4, -0.2) is 34.5 Å². The van der Waals surface area contributed by atoms with E-state index in [4.69, 9.17) is 16.3 Å². The standard InChI is InChI=1S/C26H23ClFNO4/c1-26(2,14-33-3)24-22(15-4-6-16(7-5-15)25(31)32)23-20(12-17(27)13-21(23)30)29(24)19-10-8-18(28)9-11-19/h4-13,30H,14H2,1-3H3,(H,31,32). The number of fused-ring (bicyclic) bond motifs is 1. The third-order valence-corrected chi connectivity index (χ3v) is 5.88. The summed E-state index contributed by atoms with van der Waals surface area (Å²) in [6.07, 6.45) is 0. The number of halogens is 2. The van der Waals surface area contributed by atoms with E-state index in [1.807, 2.05) is 18.4 Å². The lowest BCUT2D eigenvalue weighted by molar-refractivity contribution is 0.0697. The van der Waals surface area contributed by atoms with Crippen molar-refractivity contribution in [2.24, 2.45) is 0 Å². The molecule has 0 bridgehead atoms. The van der Waals surface area contributed by atoms with Crippen molar-refractivity contribution in [2.45, 2.75) is 19.3 Å². The second-order valence-corrected chi connectivity index (χ2v) is 8.99. The maximum absolute atomic E-state index is 13.7. The van der Waals surface area contributed by atoms with Crippen LogP contribution < -0.4 is 0 Å². The molecule has 0 atom stereocenters. The molecule has 0 radical (unpaired) electrons. The van der Waals surface area contributed by atoms with Gasteiger partial charge in [-0.15, -0.1) is 0 Å². The maximum atomic E-state index is 13.7. The molecule has 0 spiro atoms. The molecule has 0 amide bonds.